The lowest BCUT2D eigenvalue weighted by molar-refractivity contribution is -0.139. The van der Waals surface area contributed by atoms with E-state index >= 15 is 0 Å². The lowest BCUT2D eigenvalue weighted by atomic mass is 9.96. The van der Waals surface area contributed by atoms with E-state index in [1.807, 2.05) is 18.2 Å². The summed E-state index contributed by atoms with van der Waals surface area (Å²) < 4.78 is 5.01. The second-order valence-electron chi connectivity index (χ2n) is 5.46. The second-order valence-corrected chi connectivity index (χ2v) is 5.46. The Kier molecular flexibility index (Phi) is 5.02. The molecule has 4 nitrogen and oxygen atoms in total. The van der Waals surface area contributed by atoms with Gasteiger partial charge in [0.05, 0.1) is 18.7 Å². The van der Waals surface area contributed by atoms with Crippen molar-refractivity contribution < 1.29 is 14.6 Å². The van der Waals surface area contributed by atoms with E-state index in [9.17, 15) is 9.90 Å². The largest absolute Gasteiger partial charge is 0.510 e. The molecule has 114 valence electrons. The van der Waals surface area contributed by atoms with Gasteiger partial charge >= 0.3 is 5.97 Å². The molecule has 1 aliphatic heterocycles. The molecule has 0 bridgehead atoms. The van der Waals surface area contributed by atoms with Gasteiger partial charge in [0.1, 0.15) is 5.76 Å². The van der Waals surface area contributed by atoms with Crippen LogP contribution in [0.3, 0.4) is 0 Å². The molecule has 0 saturated heterocycles. The van der Waals surface area contributed by atoms with Crippen LogP contribution in [0, 0.1) is 0 Å². The van der Waals surface area contributed by atoms with E-state index < -0.39 is 5.97 Å². The maximum absolute atomic E-state index is 11.8. The molecule has 0 spiro atoms. The molecule has 1 aliphatic rings. The summed E-state index contributed by atoms with van der Waals surface area (Å²) in [5, 5.41) is 10.2. The lowest BCUT2D eigenvalue weighted by Crippen LogP contribution is -2.41. The molecule has 21 heavy (non-hydrogen) atoms. The van der Waals surface area contributed by atoms with Gasteiger partial charge in [-0.3, -0.25) is 4.90 Å². The van der Waals surface area contributed by atoms with Crippen LogP contribution >= 0.6 is 0 Å². The van der Waals surface area contributed by atoms with Crippen molar-refractivity contribution in [2.45, 2.75) is 39.3 Å². The lowest BCUT2D eigenvalue weighted by Gasteiger charge is -2.38. The third kappa shape index (κ3) is 3.45. The van der Waals surface area contributed by atoms with Crippen molar-refractivity contribution in [2.75, 3.05) is 13.2 Å². The van der Waals surface area contributed by atoms with Gasteiger partial charge in [-0.25, -0.2) is 4.79 Å². The highest BCUT2D eigenvalue weighted by Crippen LogP contribution is 2.30. The van der Waals surface area contributed by atoms with E-state index in [0.717, 1.165) is 0 Å². The highest BCUT2D eigenvalue weighted by atomic mass is 16.5. The summed E-state index contributed by atoms with van der Waals surface area (Å²) in [5.74, 6) is -0.261. The van der Waals surface area contributed by atoms with Crippen LogP contribution in [-0.4, -0.2) is 35.2 Å². The number of aliphatic hydroxyl groups excluding tert-OH is 1. The summed E-state index contributed by atoms with van der Waals surface area (Å²) in [6.07, 6.45) is 0.516. The molecule has 0 amide bonds. The zero-order valence-electron chi connectivity index (χ0n) is 12.9. The molecule has 1 aromatic carbocycles. The first-order chi connectivity index (χ1) is 10.0. The predicted molar refractivity (Wildman–Crippen MR) is 81.9 cm³/mol. The molecule has 0 aliphatic carbocycles. The number of hydrogen-bond donors (Lipinski definition) is 1. The average molecular weight is 289 g/mol. The highest BCUT2D eigenvalue weighted by Gasteiger charge is 2.32. The van der Waals surface area contributed by atoms with Gasteiger partial charge in [0.2, 0.25) is 0 Å². The van der Waals surface area contributed by atoms with Gasteiger partial charge in [-0.2, -0.15) is 0 Å². The Bertz CT molecular complexity index is 524. The fourth-order valence-corrected chi connectivity index (χ4v) is 2.82. The molecule has 1 aromatic rings. The Labute approximate surface area is 126 Å². The molecule has 1 N–H and O–H groups in total. The molecule has 2 rings (SSSR count). The van der Waals surface area contributed by atoms with Crippen molar-refractivity contribution in [1.29, 1.82) is 0 Å². The van der Waals surface area contributed by atoms with Crippen LogP contribution < -0.4 is 0 Å². The van der Waals surface area contributed by atoms with E-state index in [2.05, 4.69) is 30.9 Å². The summed E-state index contributed by atoms with van der Waals surface area (Å²) in [6.45, 7) is 6.67. The molecule has 2 atom stereocenters. The molecular formula is C17H23NO3. The molecule has 0 unspecified atom stereocenters. The SMILES string of the molecule is CCOC(=O)C1=C(O)CN([C@H](C)c2ccccc2)[C@H](C)C1. The first-order valence-corrected chi connectivity index (χ1v) is 7.43. The fraction of sp³-hybridized carbons (Fsp3) is 0.471. The van der Waals surface area contributed by atoms with Crippen LogP contribution in [0.4, 0.5) is 0 Å². The van der Waals surface area contributed by atoms with Crippen LogP contribution in [0.25, 0.3) is 0 Å². The number of esters is 1. The number of rotatable bonds is 4. The first-order valence-electron chi connectivity index (χ1n) is 7.43. The third-order valence-electron chi connectivity index (χ3n) is 4.05. The minimum absolute atomic E-state index is 0.134. The zero-order valence-corrected chi connectivity index (χ0v) is 12.9. The molecular weight excluding hydrogens is 266 g/mol. The monoisotopic (exact) mass is 289 g/mol. The van der Waals surface area contributed by atoms with Crippen LogP contribution in [0.5, 0.6) is 0 Å². The highest BCUT2D eigenvalue weighted by molar-refractivity contribution is 5.89. The maximum atomic E-state index is 11.8. The van der Waals surface area contributed by atoms with Crippen molar-refractivity contribution in [2.24, 2.45) is 0 Å². The smallest absolute Gasteiger partial charge is 0.337 e. The van der Waals surface area contributed by atoms with Gasteiger partial charge in [0.15, 0.2) is 0 Å². The number of carbonyl (C=O) groups excluding carboxylic acids is 1. The summed E-state index contributed by atoms with van der Waals surface area (Å²) in [6, 6.07) is 10.5. The van der Waals surface area contributed by atoms with Gasteiger partial charge in [-0.1, -0.05) is 30.3 Å². The number of ether oxygens (including phenoxy) is 1. The molecule has 1 heterocycles. The number of carbonyl (C=O) groups is 1. The predicted octanol–water partition coefficient (Wildman–Crippen LogP) is 3.22. The van der Waals surface area contributed by atoms with Crippen molar-refractivity contribution in [3.8, 4) is 0 Å². The minimum atomic E-state index is -0.395. The van der Waals surface area contributed by atoms with E-state index in [4.69, 9.17) is 4.74 Å². The Morgan fingerprint density at radius 3 is 2.71 bits per heavy atom. The number of hydrogen-bond acceptors (Lipinski definition) is 4. The zero-order chi connectivity index (χ0) is 15.4. The minimum Gasteiger partial charge on any atom is -0.510 e. The summed E-state index contributed by atoms with van der Waals surface area (Å²) in [5.41, 5.74) is 1.62. The van der Waals surface area contributed by atoms with Gasteiger partial charge in [-0.05, 0) is 32.8 Å². The van der Waals surface area contributed by atoms with Crippen LogP contribution in [0.2, 0.25) is 0 Å². The second kappa shape index (κ2) is 6.76. The maximum Gasteiger partial charge on any atom is 0.337 e. The van der Waals surface area contributed by atoms with Crippen LogP contribution in [0.1, 0.15) is 38.8 Å². The van der Waals surface area contributed by atoms with Gasteiger partial charge in [-0.15, -0.1) is 0 Å². The summed E-state index contributed by atoms with van der Waals surface area (Å²) >= 11 is 0. The van der Waals surface area contributed by atoms with Gasteiger partial charge in [0, 0.05) is 12.1 Å². The van der Waals surface area contributed by atoms with E-state index in [1.165, 1.54) is 5.56 Å². The Morgan fingerprint density at radius 1 is 1.43 bits per heavy atom. The Balaban J connectivity index is 2.17. The number of aliphatic hydroxyl groups is 1. The molecule has 0 aromatic heterocycles. The van der Waals surface area contributed by atoms with E-state index in [1.54, 1.807) is 6.92 Å². The van der Waals surface area contributed by atoms with E-state index in [0.29, 0.717) is 25.1 Å². The third-order valence-corrected chi connectivity index (χ3v) is 4.05. The number of nitrogens with zero attached hydrogens (tertiary/aromatic N) is 1. The first kappa shape index (κ1) is 15.6. The van der Waals surface area contributed by atoms with Crippen molar-refractivity contribution in [1.82, 2.24) is 4.90 Å². The summed E-state index contributed by atoms with van der Waals surface area (Å²) in [7, 11) is 0. The summed E-state index contributed by atoms with van der Waals surface area (Å²) in [4.78, 5) is 14.0. The molecule has 0 fully saturated rings. The molecule has 4 heteroatoms. The van der Waals surface area contributed by atoms with Crippen LogP contribution in [-0.2, 0) is 9.53 Å². The van der Waals surface area contributed by atoms with Crippen molar-refractivity contribution in [3.05, 3.63) is 47.2 Å². The fourth-order valence-electron chi connectivity index (χ4n) is 2.82. The van der Waals surface area contributed by atoms with Crippen molar-refractivity contribution in [3.63, 3.8) is 0 Å². The Morgan fingerprint density at radius 2 is 2.10 bits per heavy atom. The van der Waals surface area contributed by atoms with Crippen molar-refractivity contribution >= 4 is 5.97 Å². The van der Waals surface area contributed by atoms with Crippen LogP contribution in [0.15, 0.2) is 41.7 Å². The van der Waals surface area contributed by atoms with Gasteiger partial charge in [0.25, 0.3) is 0 Å². The standard InChI is InChI=1S/C17H23NO3/c1-4-21-17(20)15-10-12(2)18(11-16(15)19)13(3)14-8-6-5-7-9-14/h5-9,12-13,19H,4,10-11H2,1-3H3/t12-,13-/m1/s1. The normalized spacial score (nSPS) is 21.2. The Hall–Kier alpha value is -1.81. The average Bonchev–Trinajstić information content (AvgIpc) is 2.49. The van der Waals surface area contributed by atoms with E-state index in [-0.39, 0.29) is 17.8 Å². The molecule has 0 radical (unpaired) electrons. The molecule has 0 saturated carbocycles. The quantitative estimate of drug-likeness (QED) is 0.865. The number of benzene rings is 1. The topological polar surface area (TPSA) is 49.8 Å². The van der Waals surface area contributed by atoms with Gasteiger partial charge < -0.3 is 9.84 Å².